The number of carboxylic acids is 1. The molecule has 1 aliphatic carbocycles. The van der Waals surface area contributed by atoms with Gasteiger partial charge in [0.25, 0.3) is 16.0 Å². The lowest BCUT2D eigenvalue weighted by molar-refractivity contribution is -0.142. The molecule has 0 unspecified atom stereocenters. The number of aromatic nitrogens is 1. The third-order valence-electron chi connectivity index (χ3n) is 8.05. The van der Waals surface area contributed by atoms with E-state index in [2.05, 4.69) is 20.9 Å². The van der Waals surface area contributed by atoms with Gasteiger partial charge in [0.05, 0.1) is 38.4 Å². The number of benzene rings is 2. The molecule has 19 heteroatoms. The molecule has 0 bridgehead atoms. The molecule has 3 aromatic rings. The van der Waals surface area contributed by atoms with Crippen LogP contribution in [-0.4, -0.2) is 90.5 Å². The van der Waals surface area contributed by atoms with E-state index in [1.165, 1.54) is 36.7 Å². The molecule has 2 heterocycles. The zero-order valence-electron chi connectivity index (χ0n) is 27.0. The van der Waals surface area contributed by atoms with Gasteiger partial charge in [0, 0.05) is 43.1 Å². The molecule has 272 valence electrons. The van der Waals surface area contributed by atoms with Crippen LogP contribution in [-0.2, 0) is 36.2 Å². The maximum atomic E-state index is 13.7. The molecule has 2 aliphatic rings. The van der Waals surface area contributed by atoms with E-state index in [9.17, 15) is 41.6 Å². The second-order valence-corrected chi connectivity index (χ2v) is 16.1. The highest BCUT2D eigenvalue weighted by Crippen LogP contribution is 2.30. The van der Waals surface area contributed by atoms with Crippen LogP contribution in [0, 0.1) is 11.3 Å². The van der Waals surface area contributed by atoms with Gasteiger partial charge < -0.3 is 21.1 Å². The normalized spacial score (nSPS) is 18.3. The number of carboxylic acid groups (broad SMARTS) is 1. The van der Waals surface area contributed by atoms with Crippen molar-refractivity contribution in [2.24, 2.45) is 0 Å². The second kappa shape index (κ2) is 16.9. The Labute approximate surface area is 304 Å². The van der Waals surface area contributed by atoms with Gasteiger partial charge in [-0.3, -0.25) is 19.1 Å². The van der Waals surface area contributed by atoms with Gasteiger partial charge in [0.15, 0.2) is 0 Å². The lowest BCUT2D eigenvalue weighted by Gasteiger charge is -2.29. The van der Waals surface area contributed by atoms with Crippen LogP contribution < -0.4 is 16.0 Å². The number of hydrogen-bond acceptors (Lipinski definition) is 10. The average molecular weight is 782 g/mol. The van der Waals surface area contributed by atoms with E-state index in [-0.39, 0.29) is 57.5 Å². The summed E-state index contributed by atoms with van der Waals surface area (Å²) in [7, 11) is -7.87. The highest BCUT2D eigenvalue weighted by molar-refractivity contribution is 7.89. The highest BCUT2D eigenvalue weighted by Gasteiger charge is 2.45. The fourth-order valence-electron chi connectivity index (χ4n) is 5.45. The number of anilines is 1. The van der Waals surface area contributed by atoms with E-state index in [0.29, 0.717) is 17.5 Å². The van der Waals surface area contributed by atoms with Crippen LogP contribution in [0.15, 0.2) is 65.8 Å². The summed E-state index contributed by atoms with van der Waals surface area (Å²) in [6, 6.07) is 11.2. The summed E-state index contributed by atoms with van der Waals surface area (Å²) in [6.07, 6.45) is 6.34. The highest BCUT2D eigenvalue weighted by atomic mass is 35.5. The zero-order valence-corrected chi connectivity index (χ0v) is 30.1. The van der Waals surface area contributed by atoms with Gasteiger partial charge in [-0.2, -0.15) is 18.0 Å². The molecule has 3 atom stereocenters. The Kier molecular flexibility index (Phi) is 13.1. The molecule has 1 saturated heterocycles. The van der Waals surface area contributed by atoms with Gasteiger partial charge in [-0.15, -0.1) is 0 Å². The topological polar surface area (TPSA) is 236 Å². The van der Waals surface area contributed by atoms with Crippen molar-refractivity contribution in [2.45, 2.75) is 61.2 Å². The SMILES string of the molecule is CS(=O)(=O)O.N#Cc1cccc(S(=O)(=O)N2C[C@H](NC3CCC3)C[C@H]2C(=O)N[C@@H](Cc2ccc(NC(=O)c3c(Cl)cncc3Cl)cc2)C(=O)O)c1. The average Bonchev–Trinajstić information content (AvgIpc) is 3.48. The molecule has 0 radical (unpaired) electrons. The molecule has 2 fully saturated rings. The molecule has 1 aliphatic heterocycles. The lowest BCUT2D eigenvalue weighted by Crippen LogP contribution is -2.51. The predicted octanol–water partition coefficient (Wildman–Crippen LogP) is 3.10. The molecule has 2 aromatic carbocycles. The Bertz CT molecular complexity index is 2010. The number of carbonyl (C=O) groups excluding carboxylic acids is 2. The monoisotopic (exact) mass is 780 g/mol. The largest absolute Gasteiger partial charge is 0.480 e. The third kappa shape index (κ3) is 10.9. The summed E-state index contributed by atoms with van der Waals surface area (Å²) in [5.41, 5.74) is 1.15. The Morgan fingerprint density at radius 1 is 1.04 bits per heavy atom. The number of nitriles is 1. The number of rotatable bonds is 11. The number of aliphatic carboxylic acids is 1. The van der Waals surface area contributed by atoms with Crippen molar-refractivity contribution in [1.82, 2.24) is 19.9 Å². The number of pyridine rings is 1. The van der Waals surface area contributed by atoms with Gasteiger partial charge in [0.2, 0.25) is 15.9 Å². The maximum Gasteiger partial charge on any atom is 0.326 e. The lowest BCUT2D eigenvalue weighted by atomic mass is 9.92. The van der Waals surface area contributed by atoms with Crippen molar-refractivity contribution in [2.75, 3.05) is 18.1 Å². The Morgan fingerprint density at radius 2 is 1.67 bits per heavy atom. The molecule has 2 amide bonds. The second-order valence-electron chi connectivity index (χ2n) is 11.9. The van der Waals surface area contributed by atoms with Crippen molar-refractivity contribution in [1.29, 1.82) is 5.26 Å². The van der Waals surface area contributed by atoms with E-state index in [4.69, 9.17) is 27.8 Å². The summed E-state index contributed by atoms with van der Waals surface area (Å²) in [5.74, 6) is -2.59. The molecule has 5 N–H and O–H groups in total. The van der Waals surface area contributed by atoms with Crippen LogP contribution >= 0.6 is 23.2 Å². The van der Waals surface area contributed by atoms with Crippen LogP contribution in [0.4, 0.5) is 5.69 Å². The number of nitrogens with one attached hydrogen (secondary N) is 3. The van der Waals surface area contributed by atoms with E-state index >= 15 is 0 Å². The van der Waals surface area contributed by atoms with E-state index < -0.39 is 50.0 Å². The summed E-state index contributed by atoms with van der Waals surface area (Å²) in [5, 5.41) is 28.0. The number of nitrogens with zero attached hydrogens (tertiary/aromatic N) is 3. The first-order valence-corrected chi connectivity index (χ1v) is 19.4. The number of halogens is 2. The molecule has 51 heavy (non-hydrogen) atoms. The van der Waals surface area contributed by atoms with Crippen molar-refractivity contribution >= 4 is 66.8 Å². The Morgan fingerprint density at radius 3 is 2.22 bits per heavy atom. The van der Waals surface area contributed by atoms with Gasteiger partial charge in [-0.05, 0) is 55.2 Å². The standard InChI is InChI=1S/C31H30Cl2N6O6S.CH4O3S/c32-24-15-35-16-25(33)28(24)30(41)37-21-9-7-18(8-10-21)12-26(31(42)43)38-29(40)27-13-22(36-20-4-2-5-20)17-39(27)46(44,45)23-6-1-3-19(11-23)14-34;1-5(2,3)4/h1,3,6-11,15-16,20,22,26-27,36H,2,4-5,12-13,17H2,(H,37,41)(H,38,40)(H,42,43);1H3,(H,2,3,4)/t22-,26+,27+;/m1./s1. The van der Waals surface area contributed by atoms with Gasteiger partial charge >= 0.3 is 5.97 Å². The minimum Gasteiger partial charge on any atom is -0.480 e. The zero-order chi connectivity index (χ0) is 37.5. The fraction of sp³-hybridized carbons (Fsp3) is 0.344. The number of amides is 2. The maximum absolute atomic E-state index is 13.7. The molecule has 5 rings (SSSR count). The van der Waals surface area contributed by atoms with Crippen LogP contribution in [0.3, 0.4) is 0 Å². The van der Waals surface area contributed by atoms with Crippen molar-refractivity contribution in [3.8, 4) is 6.07 Å². The molecule has 1 aromatic heterocycles. The third-order valence-corrected chi connectivity index (χ3v) is 10.5. The number of hydrogen-bond donors (Lipinski definition) is 5. The quantitative estimate of drug-likeness (QED) is 0.177. The Hall–Kier alpha value is -4.15. The van der Waals surface area contributed by atoms with Crippen LogP contribution in [0.2, 0.25) is 10.0 Å². The summed E-state index contributed by atoms with van der Waals surface area (Å²) >= 11 is 12.1. The van der Waals surface area contributed by atoms with Crippen molar-refractivity contribution in [3.63, 3.8) is 0 Å². The molecule has 1 saturated carbocycles. The van der Waals surface area contributed by atoms with Gasteiger partial charge in [-0.25, -0.2) is 13.2 Å². The van der Waals surface area contributed by atoms with Crippen molar-refractivity contribution in [3.05, 3.63) is 87.7 Å². The molecule has 15 nitrogen and oxygen atoms in total. The molecule has 0 spiro atoms. The first kappa shape index (κ1) is 39.6. The van der Waals surface area contributed by atoms with E-state index in [1.807, 2.05) is 6.07 Å². The molecular weight excluding hydrogens is 747 g/mol. The number of carbonyl (C=O) groups is 3. The summed E-state index contributed by atoms with van der Waals surface area (Å²) < 4.78 is 54.4. The van der Waals surface area contributed by atoms with Gasteiger partial charge in [0.1, 0.15) is 12.1 Å². The first-order chi connectivity index (χ1) is 24.0. The fourth-order valence-corrected chi connectivity index (χ4v) is 7.68. The van der Waals surface area contributed by atoms with Gasteiger partial charge in [-0.1, -0.05) is 47.8 Å². The van der Waals surface area contributed by atoms with Crippen LogP contribution in [0.25, 0.3) is 0 Å². The van der Waals surface area contributed by atoms with Crippen LogP contribution in [0.1, 0.15) is 47.2 Å². The molecular formula is C32H34Cl2N6O9S2. The first-order valence-electron chi connectivity index (χ1n) is 15.4. The predicted molar refractivity (Wildman–Crippen MR) is 187 cm³/mol. The smallest absolute Gasteiger partial charge is 0.326 e. The summed E-state index contributed by atoms with van der Waals surface area (Å²) in [6.45, 7) is 0.0224. The van der Waals surface area contributed by atoms with E-state index in [1.54, 1.807) is 24.3 Å². The number of sulfonamides is 1. The Balaban J connectivity index is 0.00000109. The minimum absolute atomic E-state index is 0.0224. The van der Waals surface area contributed by atoms with Crippen molar-refractivity contribution < 1.29 is 40.9 Å². The minimum atomic E-state index is -4.20. The summed E-state index contributed by atoms with van der Waals surface area (Å²) in [4.78, 5) is 42.2. The van der Waals surface area contributed by atoms with Crippen LogP contribution in [0.5, 0.6) is 0 Å². The van der Waals surface area contributed by atoms with E-state index in [0.717, 1.165) is 23.6 Å².